The van der Waals surface area contributed by atoms with Gasteiger partial charge in [-0.25, -0.2) is 0 Å². The summed E-state index contributed by atoms with van der Waals surface area (Å²) in [5.74, 6) is 1.64. The fourth-order valence-electron chi connectivity index (χ4n) is 3.05. The minimum Gasteiger partial charge on any atom is -0.329 e. The Labute approximate surface area is 111 Å². The molecule has 0 unspecified atom stereocenters. The Kier molecular flexibility index (Phi) is 4.08. The van der Waals surface area contributed by atoms with Crippen molar-refractivity contribution >= 4 is 0 Å². The highest BCUT2D eigenvalue weighted by molar-refractivity contribution is 5.16. The number of benzene rings is 1. The molecule has 18 heavy (non-hydrogen) atoms. The van der Waals surface area contributed by atoms with Gasteiger partial charge >= 0.3 is 0 Å². The third-order valence-electron chi connectivity index (χ3n) is 4.68. The van der Waals surface area contributed by atoms with Crippen LogP contribution in [0.2, 0.25) is 0 Å². The van der Waals surface area contributed by atoms with Crippen LogP contribution in [0.4, 0.5) is 0 Å². The highest BCUT2D eigenvalue weighted by Gasteiger charge is 2.46. The van der Waals surface area contributed by atoms with E-state index in [1.807, 2.05) is 0 Å². The Bertz CT molecular complexity index is 366. The quantitative estimate of drug-likeness (QED) is 0.865. The molecule has 2 rings (SSSR count). The van der Waals surface area contributed by atoms with Gasteiger partial charge in [0.1, 0.15) is 0 Å². The van der Waals surface area contributed by atoms with Crippen LogP contribution in [0, 0.1) is 11.8 Å². The molecule has 0 aromatic heterocycles. The van der Waals surface area contributed by atoms with Gasteiger partial charge in [0.2, 0.25) is 0 Å². The van der Waals surface area contributed by atoms with E-state index in [0.29, 0.717) is 0 Å². The van der Waals surface area contributed by atoms with E-state index in [1.165, 1.54) is 18.4 Å². The van der Waals surface area contributed by atoms with Gasteiger partial charge in [-0.3, -0.25) is 4.90 Å². The van der Waals surface area contributed by atoms with E-state index in [-0.39, 0.29) is 5.54 Å². The molecule has 0 heterocycles. The van der Waals surface area contributed by atoms with Crippen LogP contribution in [0.25, 0.3) is 0 Å². The van der Waals surface area contributed by atoms with Crippen LogP contribution in [0.15, 0.2) is 30.3 Å². The zero-order chi connectivity index (χ0) is 13.2. The van der Waals surface area contributed by atoms with Crippen molar-refractivity contribution in [3.05, 3.63) is 35.9 Å². The van der Waals surface area contributed by atoms with Crippen molar-refractivity contribution in [1.29, 1.82) is 0 Å². The number of nitrogens with two attached hydrogens (primary N) is 1. The van der Waals surface area contributed by atoms with Crippen molar-refractivity contribution in [3.63, 3.8) is 0 Å². The predicted molar refractivity (Wildman–Crippen MR) is 77.3 cm³/mol. The Balaban J connectivity index is 1.98. The standard InChI is InChI=1S/C16H26N2/c1-13(2)15-9-16(10-15,12-17)18(3)11-14-7-5-4-6-8-14/h4-8,13,15H,9-12,17H2,1-3H3. The van der Waals surface area contributed by atoms with Crippen LogP contribution in [0.1, 0.15) is 32.3 Å². The molecule has 0 atom stereocenters. The van der Waals surface area contributed by atoms with Gasteiger partial charge in [0.05, 0.1) is 0 Å². The lowest BCUT2D eigenvalue weighted by Crippen LogP contribution is -2.60. The summed E-state index contributed by atoms with van der Waals surface area (Å²) >= 11 is 0. The minimum atomic E-state index is 0.241. The van der Waals surface area contributed by atoms with Crippen molar-refractivity contribution in [1.82, 2.24) is 4.90 Å². The lowest BCUT2D eigenvalue weighted by Gasteiger charge is -2.54. The largest absolute Gasteiger partial charge is 0.329 e. The average molecular weight is 246 g/mol. The molecule has 1 aliphatic rings. The Hall–Kier alpha value is -0.860. The molecule has 0 radical (unpaired) electrons. The summed E-state index contributed by atoms with van der Waals surface area (Å²) in [6.45, 7) is 6.42. The number of nitrogens with zero attached hydrogens (tertiary/aromatic N) is 1. The molecule has 1 fully saturated rings. The fourth-order valence-corrected chi connectivity index (χ4v) is 3.05. The van der Waals surface area contributed by atoms with Gasteiger partial charge in [0.25, 0.3) is 0 Å². The molecule has 2 nitrogen and oxygen atoms in total. The van der Waals surface area contributed by atoms with Crippen molar-refractivity contribution in [2.24, 2.45) is 17.6 Å². The monoisotopic (exact) mass is 246 g/mol. The van der Waals surface area contributed by atoms with Crippen LogP contribution < -0.4 is 5.73 Å². The molecule has 100 valence electrons. The number of hydrogen-bond acceptors (Lipinski definition) is 2. The van der Waals surface area contributed by atoms with Crippen LogP contribution in [-0.4, -0.2) is 24.0 Å². The molecule has 0 saturated heterocycles. The third kappa shape index (κ3) is 2.60. The molecule has 0 spiro atoms. The molecule has 1 aromatic rings. The third-order valence-corrected chi connectivity index (χ3v) is 4.68. The van der Waals surface area contributed by atoms with Crippen LogP contribution >= 0.6 is 0 Å². The number of likely N-dealkylation sites (N-methyl/N-ethyl adjacent to an activating group) is 1. The smallest absolute Gasteiger partial charge is 0.0337 e. The van der Waals surface area contributed by atoms with Crippen LogP contribution in [-0.2, 0) is 6.54 Å². The Morgan fingerprint density at radius 3 is 2.39 bits per heavy atom. The second kappa shape index (κ2) is 5.41. The van der Waals surface area contributed by atoms with Crippen molar-refractivity contribution in [2.45, 2.75) is 38.8 Å². The topological polar surface area (TPSA) is 29.3 Å². The normalized spacial score (nSPS) is 27.6. The average Bonchev–Trinajstić information content (AvgIpc) is 2.29. The second-order valence-corrected chi connectivity index (χ2v) is 6.18. The van der Waals surface area contributed by atoms with Gasteiger partial charge in [0, 0.05) is 18.6 Å². The first-order valence-corrected chi connectivity index (χ1v) is 7.02. The summed E-state index contributed by atoms with van der Waals surface area (Å²) in [6.07, 6.45) is 2.51. The molecule has 0 aliphatic heterocycles. The zero-order valence-electron chi connectivity index (χ0n) is 11.9. The second-order valence-electron chi connectivity index (χ2n) is 6.18. The summed E-state index contributed by atoms with van der Waals surface area (Å²) in [7, 11) is 2.22. The summed E-state index contributed by atoms with van der Waals surface area (Å²) in [5.41, 5.74) is 7.66. The highest BCUT2D eigenvalue weighted by atomic mass is 15.2. The van der Waals surface area contributed by atoms with E-state index in [2.05, 4.69) is 56.1 Å². The van der Waals surface area contributed by atoms with Crippen LogP contribution in [0.5, 0.6) is 0 Å². The predicted octanol–water partition coefficient (Wildman–Crippen LogP) is 2.88. The Morgan fingerprint density at radius 2 is 1.89 bits per heavy atom. The van der Waals surface area contributed by atoms with E-state index in [4.69, 9.17) is 5.73 Å². The van der Waals surface area contributed by atoms with E-state index >= 15 is 0 Å². The summed E-state index contributed by atoms with van der Waals surface area (Å²) in [5, 5.41) is 0. The van der Waals surface area contributed by atoms with E-state index in [0.717, 1.165) is 24.9 Å². The fraction of sp³-hybridized carbons (Fsp3) is 0.625. The van der Waals surface area contributed by atoms with E-state index in [9.17, 15) is 0 Å². The first kappa shape index (κ1) is 13.6. The van der Waals surface area contributed by atoms with E-state index in [1.54, 1.807) is 0 Å². The summed E-state index contributed by atoms with van der Waals surface area (Å²) in [4.78, 5) is 2.46. The van der Waals surface area contributed by atoms with Gasteiger partial charge in [0.15, 0.2) is 0 Å². The number of rotatable bonds is 5. The molecular formula is C16H26N2. The molecule has 0 bridgehead atoms. The lowest BCUT2D eigenvalue weighted by molar-refractivity contribution is -0.0244. The summed E-state index contributed by atoms with van der Waals surface area (Å²) < 4.78 is 0. The number of hydrogen-bond donors (Lipinski definition) is 1. The maximum atomic E-state index is 6.04. The maximum Gasteiger partial charge on any atom is 0.0337 e. The van der Waals surface area contributed by atoms with Gasteiger partial charge < -0.3 is 5.73 Å². The molecule has 1 saturated carbocycles. The van der Waals surface area contributed by atoms with E-state index < -0.39 is 0 Å². The molecule has 1 aromatic carbocycles. The SMILES string of the molecule is CC(C)C1CC(CN)(N(C)Cc2ccccc2)C1. The first-order chi connectivity index (χ1) is 8.57. The molecule has 2 N–H and O–H groups in total. The van der Waals surface area contributed by atoms with Crippen molar-refractivity contribution in [3.8, 4) is 0 Å². The Morgan fingerprint density at radius 1 is 1.28 bits per heavy atom. The summed E-state index contributed by atoms with van der Waals surface area (Å²) in [6, 6.07) is 10.7. The van der Waals surface area contributed by atoms with Gasteiger partial charge in [-0.1, -0.05) is 44.2 Å². The van der Waals surface area contributed by atoms with Gasteiger partial charge in [-0.05, 0) is 37.3 Å². The lowest BCUT2D eigenvalue weighted by atomic mass is 9.63. The van der Waals surface area contributed by atoms with Gasteiger partial charge in [-0.2, -0.15) is 0 Å². The minimum absolute atomic E-state index is 0.241. The maximum absolute atomic E-state index is 6.04. The highest BCUT2D eigenvalue weighted by Crippen LogP contribution is 2.45. The first-order valence-electron chi connectivity index (χ1n) is 7.02. The van der Waals surface area contributed by atoms with Crippen molar-refractivity contribution < 1.29 is 0 Å². The van der Waals surface area contributed by atoms with Gasteiger partial charge in [-0.15, -0.1) is 0 Å². The van der Waals surface area contributed by atoms with Crippen LogP contribution in [0.3, 0.4) is 0 Å². The van der Waals surface area contributed by atoms with Crippen molar-refractivity contribution in [2.75, 3.05) is 13.6 Å². The molecule has 2 heteroatoms. The molecule has 0 amide bonds. The zero-order valence-corrected chi connectivity index (χ0v) is 11.9. The molecule has 1 aliphatic carbocycles. The molecular weight excluding hydrogens is 220 g/mol.